The van der Waals surface area contributed by atoms with Gasteiger partial charge >= 0.3 is 0 Å². The van der Waals surface area contributed by atoms with E-state index in [1.165, 1.54) is 0 Å². The largest absolute Gasteiger partial charge is 0.497 e. The zero-order valence-electron chi connectivity index (χ0n) is 16.0. The lowest BCUT2D eigenvalue weighted by Gasteiger charge is -2.25. The predicted octanol–water partition coefficient (Wildman–Crippen LogP) is 3.79. The zero-order valence-corrected chi connectivity index (χ0v) is 16.0. The summed E-state index contributed by atoms with van der Waals surface area (Å²) in [5.41, 5.74) is 2.16. The van der Waals surface area contributed by atoms with E-state index in [4.69, 9.17) is 18.9 Å². The maximum Gasteiger partial charge on any atom is 0.122 e. The molecule has 5 nitrogen and oxygen atoms in total. The van der Waals surface area contributed by atoms with Crippen LogP contribution in [0.2, 0.25) is 0 Å². The van der Waals surface area contributed by atoms with Gasteiger partial charge in [0.2, 0.25) is 0 Å². The summed E-state index contributed by atoms with van der Waals surface area (Å²) in [6.07, 6.45) is 1.32. The highest BCUT2D eigenvalue weighted by molar-refractivity contribution is 5.50. The van der Waals surface area contributed by atoms with Crippen LogP contribution in [0.3, 0.4) is 0 Å². The summed E-state index contributed by atoms with van der Waals surface area (Å²) in [4.78, 5) is 10.9. The minimum Gasteiger partial charge on any atom is -0.497 e. The molecule has 0 amide bonds. The van der Waals surface area contributed by atoms with Crippen molar-refractivity contribution in [3.63, 3.8) is 0 Å². The lowest BCUT2D eigenvalue weighted by molar-refractivity contribution is -0.116. The Hall–Kier alpha value is -2.21. The average Bonchev–Trinajstić information content (AvgIpc) is 2.73. The monoisotopic (exact) mass is 372 g/mol. The second kappa shape index (κ2) is 12.2. The fourth-order valence-electron chi connectivity index (χ4n) is 2.76. The minimum atomic E-state index is -0.282. The number of rotatable bonds is 13. The second-order valence-electron chi connectivity index (χ2n) is 6.20. The summed E-state index contributed by atoms with van der Waals surface area (Å²) in [5, 5.41) is 0. The molecule has 0 saturated carbocycles. The molecule has 0 radical (unpaired) electrons. The van der Waals surface area contributed by atoms with E-state index in [0.717, 1.165) is 23.2 Å². The average molecular weight is 372 g/mol. The molecule has 146 valence electrons. The number of methoxy groups -OCH3 is 2. The molecule has 0 aromatic heterocycles. The first-order chi connectivity index (χ1) is 13.3. The third-order valence-electron chi connectivity index (χ3n) is 4.33. The predicted molar refractivity (Wildman–Crippen MR) is 104 cm³/mol. The molecule has 0 unspecified atom stereocenters. The highest BCUT2D eigenvalue weighted by Gasteiger charge is 2.22. The second-order valence-corrected chi connectivity index (χ2v) is 6.20. The molecule has 27 heavy (non-hydrogen) atoms. The van der Waals surface area contributed by atoms with E-state index in [2.05, 4.69) is 0 Å². The van der Waals surface area contributed by atoms with Crippen LogP contribution in [0.1, 0.15) is 24.0 Å². The van der Waals surface area contributed by atoms with Crippen LogP contribution in [0.25, 0.3) is 0 Å². The third-order valence-corrected chi connectivity index (χ3v) is 4.33. The van der Waals surface area contributed by atoms with Crippen LogP contribution in [0.15, 0.2) is 54.6 Å². The van der Waals surface area contributed by atoms with Gasteiger partial charge in [-0.1, -0.05) is 42.5 Å². The van der Waals surface area contributed by atoms with E-state index in [1.54, 1.807) is 14.2 Å². The van der Waals surface area contributed by atoms with Gasteiger partial charge in [-0.15, -0.1) is 0 Å². The molecule has 0 aliphatic rings. The van der Waals surface area contributed by atoms with Crippen LogP contribution >= 0.6 is 0 Å². The molecular weight excluding hydrogens is 344 g/mol. The van der Waals surface area contributed by atoms with Gasteiger partial charge in [0.25, 0.3) is 0 Å². The van der Waals surface area contributed by atoms with Crippen LogP contribution in [0.4, 0.5) is 0 Å². The Labute approximate surface area is 161 Å². The van der Waals surface area contributed by atoms with Crippen molar-refractivity contribution in [3.05, 3.63) is 65.7 Å². The van der Waals surface area contributed by atoms with E-state index in [0.29, 0.717) is 32.7 Å². The Bertz CT molecular complexity index is 642. The van der Waals surface area contributed by atoms with Gasteiger partial charge in [-0.25, -0.2) is 0 Å². The van der Waals surface area contributed by atoms with E-state index in [9.17, 15) is 4.79 Å². The fraction of sp³-hybridized carbons (Fsp3) is 0.409. The Kier molecular flexibility index (Phi) is 9.55. The van der Waals surface area contributed by atoms with Crippen LogP contribution in [0.5, 0.6) is 5.75 Å². The Balaban J connectivity index is 1.83. The first-order valence-electron chi connectivity index (χ1n) is 9.09. The lowest BCUT2D eigenvalue weighted by Crippen LogP contribution is -2.32. The summed E-state index contributed by atoms with van der Waals surface area (Å²) >= 11 is 0. The van der Waals surface area contributed by atoms with Crippen LogP contribution < -0.4 is 4.74 Å². The van der Waals surface area contributed by atoms with E-state index >= 15 is 0 Å². The maximum atomic E-state index is 10.9. The van der Waals surface area contributed by atoms with Crippen molar-refractivity contribution in [2.24, 2.45) is 0 Å². The molecule has 0 heterocycles. The topological polar surface area (TPSA) is 54.0 Å². The standard InChI is InChI=1S/C22H28O5/c1-24-20-10-8-19(9-11-20)16-26-15-13-22(21(25-2)12-14-23)27-17-18-6-4-3-5-7-18/h3-11,14,21-22H,12-13,15-17H2,1-2H3/t21-,22-/m0/s1. The third kappa shape index (κ3) is 7.51. The molecule has 0 spiro atoms. The van der Waals surface area contributed by atoms with Crippen molar-refractivity contribution in [1.29, 1.82) is 0 Å². The van der Waals surface area contributed by atoms with Crippen LogP contribution in [0, 0.1) is 0 Å². The summed E-state index contributed by atoms with van der Waals surface area (Å²) in [6, 6.07) is 17.7. The molecule has 0 aliphatic carbocycles. The summed E-state index contributed by atoms with van der Waals surface area (Å²) in [6.45, 7) is 1.51. The summed E-state index contributed by atoms with van der Waals surface area (Å²) < 4.78 is 22.4. The van der Waals surface area contributed by atoms with Crippen molar-refractivity contribution in [1.82, 2.24) is 0 Å². The van der Waals surface area contributed by atoms with Crippen molar-refractivity contribution in [3.8, 4) is 5.75 Å². The van der Waals surface area contributed by atoms with Gasteiger partial charge in [0.1, 0.15) is 12.0 Å². The molecule has 0 aliphatic heterocycles. The number of aldehydes is 1. The Morgan fingerprint density at radius 1 is 0.889 bits per heavy atom. The van der Waals surface area contributed by atoms with Gasteiger partial charge in [-0.05, 0) is 29.7 Å². The van der Waals surface area contributed by atoms with Gasteiger partial charge in [0.05, 0.1) is 32.5 Å². The number of carbonyl (C=O) groups is 1. The van der Waals surface area contributed by atoms with Crippen molar-refractivity contribution in [2.75, 3.05) is 20.8 Å². The summed E-state index contributed by atoms with van der Waals surface area (Å²) in [5.74, 6) is 0.824. The van der Waals surface area contributed by atoms with Crippen molar-refractivity contribution < 1.29 is 23.7 Å². The Morgan fingerprint density at radius 3 is 2.22 bits per heavy atom. The van der Waals surface area contributed by atoms with Crippen molar-refractivity contribution in [2.45, 2.75) is 38.3 Å². The first kappa shape index (κ1) is 21.1. The molecule has 2 rings (SSSR count). The lowest BCUT2D eigenvalue weighted by atomic mass is 10.1. The van der Waals surface area contributed by atoms with E-state index in [1.807, 2.05) is 54.6 Å². The van der Waals surface area contributed by atoms with Crippen LogP contribution in [-0.2, 0) is 32.2 Å². The van der Waals surface area contributed by atoms with Gasteiger partial charge in [0, 0.05) is 20.1 Å². The fourth-order valence-corrected chi connectivity index (χ4v) is 2.76. The molecule has 5 heteroatoms. The molecule has 2 aromatic carbocycles. The molecule has 0 fully saturated rings. The first-order valence-corrected chi connectivity index (χ1v) is 9.09. The molecule has 2 atom stereocenters. The number of ether oxygens (including phenoxy) is 4. The van der Waals surface area contributed by atoms with Gasteiger partial charge in [-0.3, -0.25) is 0 Å². The highest BCUT2D eigenvalue weighted by Crippen LogP contribution is 2.16. The number of hydrogen-bond donors (Lipinski definition) is 0. The van der Waals surface area contributed by atoms with E-state index in [-0.39, 0.29) is 12.2 Å². The summed E-state index contributed by atoms with van der Waals surface area (Å²) in [7, 11) is 3.25. The highest BCUT2D eigenvalue weighted by atomic mass is 16.5. The number of hydrogen-bond acceptors (Lipinski definition) is 5. The van der Waals surface area contributed by atoms with Crippen LogP contribution in [-0.4, -0.2) is 39.3 Å². The molecule has 2 aromatic rings. The smallest absolute Gasteiger partial charge is 0.122 e. The SMILES string of the molecule is COc1ccc(COCC[C@H](OCc2ccccc2)[C@H](CC=O)OC)cc1. The van der Waals surface area contributed by atoms with Gasteiger partial charge in [0.15, 0.2) is 0 Å². The maximum absolute atomic E-state index is 10.9. The quantitative estimate of drug-likeness (QED) is 0.395. The molecular formula is C22H28O5. The van der Waals surface area contributed by atoms with E-state index < -0.39 is 0 Å². The zero-order chi connectivity index (χ0) is 19.3. The molecule has 0 bridgehead atoms. The normalized spacial score (nSPS) is 13.1. The number of carbonyl (C=O) groups excluding carboxylic acids is 1. The van der Waals surface area contributed by atoms with Crippen molar-refractivity contribution >= 4 is 6.29 Å². The molecule has 0 saturated heterocycles. The minimum absolute atomic E-state index is 0.212. The van der Waals surface area contributed by atoms with Gasteiger partial charge in [-0.2, -0.15) is 0 Å². The molecule has 0 N–H and O–H groups in total. The number of benzene rings is 2. The van der Waals surface area contributed by atoms with Gasteiger partial charge < -0.3 is 23.7 Å². The Morgan fingerprint density at radius 2 is 1.59 bits per heavy atom.